The molecule has 5 aliphatic heterocycles. The number of carbonyl (C=O) groups is 2. The second-order valence-corrected chi connectivity index (χ2v) is 11.5. The van der Waals surface area contributed by atoms with Gasteiger partial charge in [-0.25, -0.2) is 4.79 Å². The van der Waals surface area contributed by atoms with E-state index in [-0.39, 0.29) is 31.1 Å². The summed E-state index contributed by atoms with van der Waals surface area (Å²) in [7, 11) is 1.63. The molecular weight excluding hydrogens is 516 g/mol. The topological polar surface area (TPSA) is 96.0 Å². The quantitative estimate of drug-likeness (QED) is 0.370. The van der Waals surface area contributed by atoms with Crippen LogP contribution in [0.4, 0.5) is 0 Å². The van der Waals surface area contributed by atoms with E-state index in [1.165, 1.54) is 5.56 Å². The van der Waals surface area contributed by atoms with E-state index in [1.807, 2.05) is 12.2 Å². The Morgan fingerprint density at radius 1 is 1.12 bits per heavy atom. The SMILES string of the molecule is COC1=C[C@]23CCCN2CCc2cc4c(cc2[C@@H]3[C@@H]1OC(=O)[C@@]1(CC=CCN2CCOCC2)CC(=O)O1)OCO4. The molecule has 6 aliphatic rings. The van der Waals surface area contributed by atoms with Crippen LogP contribution in [0.3, 0.4) is 0 Å². The van der Waals surface area contributed by atoms with E-state index in [2.05, 4.69) is 28.0 Å². The van der Waals surface area contributed by atoms with Crippen LogP contribution in [0.2, 0.25) is 0 Å². The van der Waals surface area contributed by atoms with Crippen molar-refractivity contribution >= 4 is 11.9 Å². The molecule has 0 unspecified atom stereocenters. The van der Waals surface area contributed by atoms with Gasteiger partial charge in [-0.1, -0.05) is 12.2 Å². The Morgan fingerprint density at radius 3 is 2.70 bits per heavy atom. The van der Waals surface area contributed by atoms with Gasteiger partial charge in [-0.3, -0.25) is 14.6 Å². The Balaban J connectivity index is 1.17. The van der Waals surface area contributed by atoms with Gasteiger partial charge < -0.3 is 28.4 Å². The number of carbonyl (C=O) groups excluding carboxylic acids is 2. The average molecular weight is 553 g/mol. The van der Waals surface area contributed by atoms with Crippen molar-refractivity contribution in [3.63, 3.8) is 0 Å². The highest BCUT2D eigenvalue weighted by molar-refractivity contribution is 5.94. The minimum Gasteiger partial charge on any atom is -0.497 e. The first-order valence-corrected chi connectivity index (χ1v) is 14.3. The lowest BCUT2D eigenvalue weighted by molar-refractivity contribution is -0.210. The third kappa shape index (κ3) is 4.19. The van der Waals surface area contributed by atoms with Crippen LogP contribution in [0.15, 0.2) is 36.1 Å². The van der Waals surface area contributed by atoms with E-state index < -0.39 is 23.6 Å². The van der Waals surface area contributed by atoms with Crippen molar-refractivity contribution in [2.75, 3.05) is 59.8 Å². The minimum absolute atomic E-state index is 0.00366. The highest BCUT2D eigenvalue weighted by Crippen LogP contribution is 2.56. The molecule has 40 heavy (non-hydrogen) atoms. The minimum atomic E-state index is -1.31. The molecule has 0 amide bonds. The van der Waals surface area contributed by atoms with Gasteiger partial charge in [0.2, 0.25) is 12.4 Å². The molecule has 0 aromatic heterocycles. The number of fused-ring (bicyclic) bond motifs is 3. The number of morpholine rings is 1. The number of methoxy groups -OCH3 is 1. The zero-order valence-electron chi connectivity index (χ0n) is 22.9. The summed E-state index contributed by atoms with van der Waals surface area (Å²) in [5.41, 5.74) is 0.632. The molecule has 5 heterocycles. The van der Waals surface area contributed by atoms with Gasteiger partial charge in [-0.2, -0.15) is 0 Å². The fraction of sp³-hybridized carbons (Fsp3) is 0.600. The van der Waals surface area contributed by atoms with Gasteiger partial charge >= 0.3 is 11.9 Å². The number of benzene rings is 1. The molecule has 4 atom stereocenters. The second kappa shape index (κ2) is 10.1. The van der Waals surface area contributed by atoms with Crippen molar-refractivity contribution < 1.29 is 38.0 Å². The van der Waals surface area contributed by atoms with E-state index in [4.69, 9.17) is 28.4 Å². The Morgan fingerprint density at radius 2 is 1.93 bits per heavy atom. The van der Waals surface area contributed by atoms with Crippen molar-refractivity contribution in [1.29, 1.82) is 0 Å². The van der Waals surface area contributed by atoms with Crippen LogP contribution in [-0.4, -0.2) is 98.8 Å². The van der Waals surface area contributed by atoms with Crippen LogP contribution >= 0.6 is 0 Å². The maximum Gasteiger partial charge on any atom is 0.352 e. The third-order valence-electron chi connectivity index (χ3n) is 9.39. The summed E-state index contributed by atoms with van der Waals surface area (Å²) in [5.74, 6) is 1.02. The molecule has 1 spiro atoms. The summed E-state index contributed by atoms with van der Waals surface area (Å²) < 4.78 is 34.6. The molecule has 1 aromatic carbocycles. The first-order valence-electron chi connectivity index (χ1n) is 14.3. The molecule has 1 aliphatic carbocycles. The summed E-state index contributed by atoms with van der Waals surface area (Å²) in [6, 6.07) is 4.14. The van der Waals surface area contributed by atoms with Crippen molar-refractivity contribution in [2.24, 2.45) is 0 Å². The van der Waals surface area contributed by atoms with Gasteiger partial charge in [0, 0.05) is 32.6 Å². The van der Waals surface area contributed by atoms with Gasteiger partial charge in [0.1, 0.15) is 5.76 Å². The lowest BCUT2D eigenvalue weighted by Crippen LogP contribution is -2.56. The predicted molar refractivity (Wildman–Crippen MR) is 142 cm³/mol. The lowest BCUT2D eigenvalue weighted by Gasteiger charge is -2.41. The van der Waals surface area contributed by atoms with Gasteiger partial charge in [0.05, 0.1) is 38.2 Å². The number of ether oxygens (including phenoxy) is 6. The normalized spacial score (nSPS) is 32.9. The number of hydrogen-bond acceptors (Lipinski definition) is 10. The van der Waals surface area contributed by atoms with E-state index in [1.54, 1.807) is 7.11 Å². The summed E-state index contributed by atoms with van der Waals surface area (Å²) >= 11 is 0. The van der Waals surface area contributed by atoms with E-state index >= 15 is 0 Å². The number of cyclic esters (lactones) is 1. The standard InChI is InChI=1S/C30H36N2O8/c1-35-24-17-29-6-4-9-32(29)10-5-20-15-22-23(38-19-37-22)16-21(20)26(29)27(24)39-28(34)30(18-25(33)40-30)7-2-3-8-31-11-13-36-14-12-31/h2-3,15-17,26-27H,4-14,18-19H2,1H3/t26-,27-,29+,30-/m1/s1. The van der Waals surface area contributed by atoms with E-state index in [0.29, 0.717) is 11.5 Å². The van der Waals surface area contributed by atoms with E-state index in [9.17, 15) is 9.59 Å². The molecule has 10 heteroatoms. The molecular formula is C30H36N2O8. The molecule has 0 bridgehead atoms. The smallest absolute Gasteiger partial charge is 0.352 e. The van der Waals surface area contributed by atoms with Gasteiger partial charge in [-0.15, -0.1) is 0 Å². The molecule has 0 radical (unpaired) electrons. The molecule has 7 rings (SSSR count). The monoisotopic (exact) mass is 552 g/mol. The Labute approximate surface area is 233 Å². The van der Waals surface area contributed by atoms with Crippen LogP contribution in [0.1, 0.15) is 42.7 Å². The van der Waals surface area contributed by atoms with Crippen LogP contribution in [0.25, 0.3) is 0 Å². The predicted octanol–water partition coefficient (Wildman–Crippen LogP) is 2.31. The zero-order valence-corrected chi connectivity index (χ0v) is 22.9. The summed E-state index contributed by atoms with van der Waals surface area (Å²) in [6.07, 6.45) is 8.62. The number of hydrogen-bond donors (Lipinski definition) is 0. The summed E-state index contributed by atoms with van der Waals surface area (Å²) in [6.45, 7) is 6.04. The molecule has 1 aromatic rings. The molecule has 3 saturated heterocycles. The number of nitrogens with zero attached hydrogens (tertiary/aromatic N) is 2. The van der Waals surface area contributed by atoms with Crippen LogP contribution in [-0.2, 0) is 35.0 Å². The van der Waals surface area contributed by atoms with Crippen LogP contribution in [0, 0.1) is 0 Å². The third-order valence-corrected chi connectivity index (χ3v) is 9.39. The Bertz CT molecular complexity index is 1250. The maximum atomic E-state index is 13.9. The van der Waals surface area contributed by atoms with Gasteiger partial charge in [0.25, 0.3) is 0 Å². The first kappa shape index (κ1) is 25.9. The Kier molecular flexibility index (Phi) is 6.52. The molecule has 0 saturated carbocycles. The fourth-order valence-corrected chi connectivity index (χ4v) is 7.35. The first-order chi connectivity index (χ1) is 19.5. The molecule has 0 N–H and O–H groups in total. The van der Waals surface area contributed by atoms with Crippen LogP contribution in [0.5, 0.6) is 11.5 Å². The molecule has 214 valence electrons. The largest absolute Gasteiger partial charge is 0.497 e. The Hall–Kier alpha value is -3.08. The van der Waals surface area contributed by atoms with Gasteiger partial charge in [-0.05, 0) is 55.1 Å². The maximum absolute atomic E-state index is 13.9. The number of rotatable bonds is 7. The van der Waals surface area contributed by atoms with Crippen molar-refractivity contribution in [1.82, 2.24) is 9.80 Å². The van der Waals surface area contributed by atoms with Gasteiger partial charge in [0.15, 0.2) is 17.6 Å². The van der Waals surface area contributed by atoms with Crippen molar-refractivity contribution in [3.05, 3.63) is 47.2 Å². The van der Waals surface area contributed by atoms with Crippen molar-refractivity contribution in [3.8, 4) is 11.5 Å². The second-order valence-electron chi connectivity index (χ2n) is 11.5. The summed E-state index contributed by atoms with van der Waals surface area (Å²) in [4.78, 5) is 30.7. The summed E-state index contributed by atoms with van der Waals surface area (Å²) in [5, 5.41) is 0. The molecule has 3 fully saturated rings. The number of esters is 2. The van der Waals surface area contributed by atoms with E-state index in [0.717, 1.165) is 76.5 Å². The highest BCUT2D eigenvalue weighted by atomic mass is 16.7. The van der Waals surface area contributed by atoms with Crippen molar-refractivity contribution in [2.45, 2.75) is 55.3 Å². The lowest BCUT2D eigenvalue weighted by atomic mass is 9.77. The fourth-order valence-electron chi connectivity index (χ4n) is 7.35. The highest BCUT2D eigenvalue weighted by Gasteiger charge is 2.60. The van der Waals surface area contributed by atoms with Crippen LogP contribution < -0.4 is 9.47 Å². The zero-order chi connectivity index (χ0) is 27.3. The average Bonchev–Trinajstić information content (AvgIpc) is 3.64. The molecule has 10 nitrogen and oxygen atoms in total.